The molecular formula is C23H19ClFN3O3S. The maximum Gasteiger partial charge on any atom is 0.208 e. The van der Waals surface area contributed by atoms with Crippen LogP contribution in [0.3, 0.4) is 0 Å². The van der Waals surface area contributed by atoms with E-state index >= 15 is 0 Å². The van der Waals surface area contributed by atoms with E-state index < -0.39 is 0 Å². The molecule has 0 radical (unpaired) electrons. The number of thioether (sulfide) groups is 1. The molecule has 0 bridgehead atoms. The highest BCUT2D eigenvalue weighted by Gasteiger charge is 2.23. The number of hydrogen-bond donors (Lipinski definition) is 0. The minimum Gasteiger partial charge on any atom is -0.453 e. The van der Waals surface area contributed by atoms with Gasteiger partial charge in [-0.25, -0.2) is 4.39 Å². The normalized spacial score (nSPS) is 16.1. The van der Waals surface area contributed by atoms with Crippen molar-refractivity contribution < 1.29 is 18.3 Å². The van der Waals surface area contributed by atoms with Crippen molar-refractivity contribution in [3.05, 3.63) is 65.1 Å². The van der Waals surface area contributed by atoms with Crippen molar-refractivity contribution in [1.82, 2.24) is 14.8 Å². The summed E-state index contributed by atoms with van der Waals surface area (Å²) in [5.74, 6) is 0.566. The lowest BCUT2D eigenvalue weighted by Gasteiger charge is -2.14. The van der Waals surface area contributed by atoms with Crippen LogP contribution in [-0.4, -0.2) is 39.0 Å². The molecule has 9 heteroatoms. The van der Waals surface area contributed by atoms with Gasteiger partial charge in [-0.2, -0.15) is 0 Å². The van der Waals surface area contributed by atoms with E-state index in [4.69, 9.17) is 20.8 Å². The number of furan rings is 1. The first-order chi connectivity index (χ1) is 15.6. The Kier molecular flexibility index (Phi) is 5.99. The number of nitrogens with zero attached hydrogens (tertiary/aromatic N) is 3. The number of ether oxygens (including phenoxy) is 1. The Morgan fingerprint density at radius 1 is 1.19 bits per heavy atom. The number of Topliss-reactive ketones (excluding diaryl/α,β-unsaturated/α-hetero) is 1. The maximum atomic E-state index is 13.4. The first-order valence-corrected chi connectivity index (χ1v) is 11.6. The van der Waals surface area contributed by atoms with Crippen molar-refractivity contribution >= 4 is 40.1 Å². The van der Waals surface area contributed by atoms with Crippen molar-refractivity contribution in [2.24, 2.45) is 0 Å². The van der Waals surface area contributed by atoms with Gasteiger partial charge in [0.15, 0.2) is 16.7 Å². The molecule has 4 aromatic rings. The van der Waals surface area contributed by atoms with Crippen LogP contribution in [0, 0.1) is 5.82 Å². The van der Waals surface area contributed by atoms with Crippen LogP contribution in [0.4, 0.5) is 4.39 Å². The van der Waals surface area contributed by atoms with Crippen LogP contribution >= 0.6 is 23.4 Å². The van der Waals surface area contributed by atoms with E-state index in [1.54, 1.807) is 36.4 Å². The fourth-order valence-electron chi connectivity index (χ4n) is 3.72. The molecule has 164 valence electrons. The third kappa shape index (κ3) is 4.44. The highest BCUT2D eigenvalue weighted by Crippen LogP contribution is 2.28. The number of rotatable bonds is 7. The average molecular weight is 472 g/mol. The van der Waals surface area contributed by atoms with Crippen LogP contribution in [0.1, 0.15) is 23.4 Å². The third-order valence-corrected chi connectivity index (χ3v) is 6.52. The zero-order chi connectivity index (χ0) is 22.1. The van der Waals surface area contributed by atoms with Crippen LogP contribution in [0.5, 0.6) is 0 Å². The summed E-state index contributed by atoms with van der Waals surface area (Å²) in [5.41, 5.74) is 1.37. The van der Waals surface area contributed by atoms with Gasteiger partial charge in [-0.1, -0.05) is 23.4 Å². The van der Waals surface area contributed by atoms with Gasteiger partial charge in [0.05, 0.1) is 18.4 Å². The number of ketones is 1. The number of fused-ring (bicyclic) bond motifs is 1. The van der Waals surface area contributed by atoms with Crippen LogP contribution in [0.15, 0.2) is 58.1 Å². The van der Waals surface area contributed by atoms with E-state index in [0.717, 1.165) is 30.4 Å². The zero-order valence-electron chi connectivity index (χ0n) is 17.0. The minimum absolute atomic E-state index is 0.0559. The average Bonchev–Trinajstić information content (AvgIpc) is 3.53. The molecule has 6 nitrogen and oxygen atoms in total. The van der Waals surface area contributed by atoms with E-state index in [0.29, 0.717) is 28.1 Å². The van der Waals surface area contributed by atoms with E-state index in [9.17, 15) is 9.18 Å². The van der Waals surface area contributed by atoms with Gasteiger partial charge in [0.25, 0.3) is 0 Å². The molecule has 3 heterocycles. The van der Waals surface area contributed by atoms with Crippen molar-refractivity contribution in [3.63, 3.8) is 0 Å². The summed E-state index contributed by atoms with van der Waals surface area (Å²) < 4.78 is 26.8. The second kappa shape index (κ2) is 9.05. The molecular weight excluding hydrogens is 453 g/mol. The Morgan fingerprint density at radius 2 is 2.03 bits per heavy atom. The lowest BCUT2D eigenvalue weighted by molar-refractivity contribution is 0.0953. The number of hydrogen-bond acceptors (Lipinski definition) is 6. The van der Waals surface area contributed by atoms with Gasteiger partial charge in [-0.05, 0) is 61.4 Å². The third-order valence-electron chi connectivity index (χ3n) is 5.31. The summed E-state index contributed by atoms with van der Waals surface area (Å²) in [6, 6.07) is 13.1. The van der Waals surface area contributed by atoms with Crippen LogP contribution in [0.25, 0.3) is 22.4 Å². The molecule has 1 aliphatic heterocycles. The smallest absolute Gasteiger partial charge is 0.208 e. The van der Waals surface area contributed by atoms with Gasteiger partial charge in [-0.15, -0.1) is 10.2 Å². The molecule has 0 unspecified atom stereocenters. The quantitative estimate of drug-likeness (QED) is 0.257. The molecule has 0 spiro atoms. The summed E-state index contributed by atoms with van der Waals surface area (Å²) in [4.78, 5) is 12.8. The molecule has 1 atom stereocenters. The molecule has 32 heavy (non-hydrogen) atoms. The van der Waals surface area contributed by atoms with Crippen molar-refractivity contribution in [2.75, 3.05) is 12.4 Å². The van der Waals surface area contributed by atoms with Crippen molar-refractivity contribution in [3.8, 4) is 11.4 Å². The number of halogens is 2. The highest BCUT2D eigenvalue weighted by atomic mass is 35.5. The van der Waals surface area contributed by atoms with Gasteiger partial charge >= 0.3 is 0 Å². The fraction of sp³-hybridized carbons (Fsp3) is 0.261. The summed E-state index contributed by atoms with van der Waals surface area (Å²) >= 11 is 7.31. The summed E-state index contributed by atoms with van der Waals surface area (Å²) in [6.07, 6.45) is 2.02. The Hall–Kier alpha value is -2.68. The first kappa shape index (κ1) is 21.2. The topological polar surface area (TPSA) is 70.2 Å². The largest absolute Gasteiger partial charge is 0.453 e. The van der Waals surface area contributed by atoms with Crippen LogP contribution in [0.2, 0.25) is 5.02 Å². The van der Waals surface area contributed by atoms with E-state index in [-0.39, 0.29) is 29.2 Å². The molecule has 2 aromatic carbocycles. The van der Waals surface area contributed by atoms with Crippen LogP contribution in [-0.2, 0) is 11.3 Å². The number of aromatic nitrogens is 3. The van der Waals surface area contributed by atoms with E-state index in [2.05, 4.69) is 10.2 Å². The lowest BCUT2D eigenvalue weighted by atomic mass is 10.2. The van der Waals surface area contributed by atoms with Crippen LogP contribution < -0.4 is 0 Å². The Bertz CT molecular complexity index is 1270. The number of benzene rings is 2. The SMILES string of the molecule is O=C(CSc1nnc(-c2ccc(F)cc2)n1C[C@@H]1CCCO1)c1cc2cc(Cl)ccc2o1. The second-order valence-corrected chi connectivity index (χ2v) is 8.94. The summed E-state index contributed by atoms with van der Waals surface area (Å²) in [5, 5.41) is 10.6. The van der Waals surface area contributed by atoms with Crippen molar-refractivity contribution in [1.29, 1.82) is 0 Å². The molecule has 0 aliphatic carbocycles. The Balaban J connectivity index is 1.38. The summed E-state index contributed by atoms with van der Waals surface area (Å²) in [6.45, 7) is 1.30. The molecule has 0 N–H and O–H groups in total. The maximum absolute atomic E-state index is 13.4. The number of carbonyl (C=O) groups excluding carboxylic acids is 1. The predicted molar refractivity (Wildman–Crippen MR) is 121 cm³/mol. The Morgan fingerprint density at radius 3 is 2.81 bits per heavy atom. The standard InChI is InChI=1S/C23H19ClFN3O3S/c24-16-5-8-20-15(10-16)11-21(31-20)19(29)13-32-23-27-26-22(14-3-6-17(25)7-4-14)28(23)12-18-2-1-9-30-18/h3-8,10-11,18H,1-2,9,12-13H2/t18-/m0/s1. The highest BCUT2D eigenvalue weighted by molar-refractivity contribution is 7.99. The zero-order valence-corrected chi connectivity index (χ0v) is 18.5. The molecule has 1 fully saturated rings. The van der Waals surface area contributed by atoms with E-state index in [1.807, 2.05) is 4.57 Å². The van der Waals surface area contributed by atoms with Gasteiger partial charge in [0.2, 0.25) is 5.78 Å². The van der Waals surface area contributed by atoms with Gasteiger partial charge in [0.1, 0.15) is 11.4 Å². The Labute approximate surface area is 192 Å². The molecule has 1 saturated heterocycles. The van der Waals surface area contributed by atoms with Crippen molar-refractivity contribution in [2.45, 2.75) is 30.6 Å². The van der Waals surface area contributed by atoms with E-state index in [1.165, 1.54) is 23.9 Å². The molecule has 2 aromatic heterocycles. The predicted octanol–water partition coefficient (Wildman–Crippen LogP) is 5.64. The minimum atomic E-state index is -0.314. The summed E-state index contributed by atoms with van der Waals surface area (Å²) in [7, 11) is 0. The first-order valence-electron chi connectivity index (χ1n) is 10.2. The number of carbonyl (C=O) groups is 1. The van der Waals surface area contributed by atoms with Gasteiger partial charge < -0.3 is 9.15 Å². The molecule has 0 amide bonds. The second-order valence-electron chi connectivity index (χ2n) is 7.56. The lowest BCUT2D eigenvalue weighted by Crippen LogP contribution is -2.17. The fourth-order valence-corrected chi connectivity index (χ4v) is 4.72. The molecule has 5 rings (SSSR count). The monoisotopic (exact) mass is 471 g/mol. The van der Waals surface area contributed by atoms with Gasteiger partial charge in [-0.3, -0.25) is 9.36 Å². The van der Waals surface area contributed by atoms with Gasteiger partial charge in [0, 0.05) is 22.6 Å². The molecule has 0 saturated carbocycles. The molecule has 1 aliphatic rings.